The van der Waals surface area contributed by atoms with Gasteiger partial charge in [-0.1, -0.05) is 40.5 Å². The summed E-state index contributed by atoms with van der Waals surface area (Å²) in [7, 11) is 1.45. The number of piperidine rings is 2. The van der Waals surface area contributed by atoms with Crippen molar-refractivity contribution in [3.05, 3.63) is 0 Å². The van der Waals surface area contributed by atoms with Crippen molar-refractivity contribution in [2.24, 2.45) is 10.8 Å². The molecule has 0 radical (unpaired) electrons. The van der Waals surface area contributed by atoms with Crippen LogP contribution in [0.15, 0.2) is 0 Å². The zero-order chi connectivity index (χ0) is 35.8. The Morgan fingerprint density at radius 3 is 1.02 bits per heavy atom. The highest BCUT2D eigenvalue weighted by Gasteiger charge is 2.51. The zero-order valence-corrected chi connectivity index (χ0v) is 35.0. The zero-order valence-electron chi connectivity index (χ0n) is 33.2. The molecule has 0 N–H and O–H groups in total. The summed E-state index contributed by atoms with van der Waals surface area (Å²) in [5.41, 5.74) is -0.234. The Bertz CT molecular complexity index is 908. The van der Waals surface area contributed by atoms with Gasteiger partial charge in [0.2, 0.25) is 0 Å². The summed E-state index contributed by atoms with van der Waals surface area (Å²) in [4.78, 5) is 11.9. The molecule has 0 atom stereocenters. The van der Waals surface area contributed by atoms with Crippen LogP contribution in [-0.4, -0.2) is 107 Å². The lowest BCUT2D eigenvalue weighted by atomic mass is 9.79. The molecule has 0 bridgehead atoms. The first-order chi connectivity index (χ1) is 22.1. The van der Waals surface area contributed by atoms with Gasteiger partial charge in [-0.25, -0.2) is 9.34 Å². The van der Waals surface area contributed by atoms with E-state index >= 15 is 0 Å². The van der Waals surface area contributed by atoms with E-state index < -0.39 is 17.1 Å². The Morgan fingerprint density at radius 2 is 0.771 bits per heavy atom. The molecular weight excluding hydrogens is 646 g/mol. The van der Waals surface area contributed by atoms with E-state index in [2.05, 4.69) is 103 Å². The summed E-state index contributed by atoms with van der Waals surface area (Å²) in [6, 6.07) is 0.753. The third-order valence-corrected chi connectivity index (χ3v) is 13.8. The first-order valence-corrected chi connectivity index (χ1v) is 20.7. The smallest absolute Gasteiger partial charge is 0.259 e. The molecule has 0 spiro atoms. The van der Waals surface area contributed by atoms with E-state index in [1.165, 1.54) is 12.8 Å². The summed E-state index contributed by atoms with van der Waals surface area (Å²) in [6.45, 7) is 32.3. The van der Waals surface area contributed by atoms with Crippen LogP contribution in [0.4, 0.5) is 0 Å². The lowest BCUT2D eigenvalue weighted by molar-refractivity contribution is -0.270. The standard InChI is InChI=1S/C36H72N4O6P2/c1-31(2)25-43-47(44-26-31)37(29-21-33(5,6)39(41-13)34(7,8)22-29)19-17-15-16-18-20-38(48-45-27-32(3,4)28-46-48)30-23-35(9,10)40(42-14)36(11,12)24-30/h29-30H,15-28H2,1-14H3. The molecule has 282 valence electrons. The van der Waals surface area contributed by atoms with Crippen molar-refractivity contribution in [3.8, 4) is 0 Å². The monoisotopic (exact) mass is 718 g/mol. The average Bonchev–Trinajstić information content (AvgIpc) is 2.93. The molecule has 0 aromatic heterocycles. The highest BCUT2D eigenvalue weighted by atomic mass is 31.2. The molecule has 4 fully saturated rings. The van der Waals surface area contributed by atoms with Crippen LogP contribution in [0.1, 0.15) is 134 Å². The van der Waals surface area contributed by atoms with Crippen molar-refractivity contribution in [1.82, 2.24) is 19.5 Å². The molecule has 0 unspecified atom stereocenters. The van der Waals surface area contributed by atoms with Gasteiger partial charge in [0.25, 0.3) is 17.1 Å². The predicted octanol–water partition coefficient (Wildman–Crippen LogP) is 8.92. The number of hydrogen-bond donors (Lipinski definition) is 0. The lowest BCUT2D eigenvalue weighted by Gasteiger charge is -2.56. The summed E-state index contributed by atoms with van der Waals surface area (Å²) >= 11 is 0. The normalized spacial score (nSPS) is 28.8. The quantitative estimate of drug-likeness (QED) is 0.136. The van der Waals surface area contributed by atoms with E-state index in [0.717, 1.165) is 78.0 Å². The summed E-state index contributed by atoms with van der Waals surface area (Å²) in [6.07, 6.45) is 8.67. The lowest BCUT2D eigenvalue weighted by Crippen LogP contribution is -2.63. The fourth-order valence-corrected chi connectivity index (χ4v) is 13.0. The Morgan fingerprint density at radius 1 is 0.500 bits per heavy atom. The maximum Gasteiger partial charge on any atom is 0.259 e. The van der Waals surface area contributed by atoms with Crippen molar-refractivity contribution in [2.75, 3.05) is 53.7 Å². The SMILES string of the molecule is CON1C(C)(C)CC(N(CCCCCCN(C2CC(C)(C)N(OC)C(C)(C)C2)P2OCC(C)(C)CO2)P2OCC(C)(C)CO2)CC1(C)C. The van der Waals surface area contributed by atoms with Crippen LogP contribution >= 0.6 is 17.1 Å². The van der Waals surface area contributed by atoms with E-state index in [0.29, 0.717) is 12.1 Å². The molecule has 0 aromatic rings. The molecule has 0 aromatic carbocycles. The molecule has 48 heavy (non-hydrogen) atoms. The Kier molecular flexibility index (Phi) is 13.6. The van der Waals surface area contributed by atoms with Gasteiger partial charge in [0.05, 0.1) is 40.6 Å². The van der Waals surface area contributed by atoms with Crippen molar-refractivity contribution < 1.29 is 27.8 Å². The van der Waals surface area contributed by atoms with Crippen LogP contribution in [-0.2, 0) is 27.8 Å². The van der Waals surface area contributed by atoms with Crippen molar-refractivity contribution >= 4 is 17.1 Å². The first-order valence-electron chi connectivity index (χ1n) is 18.5. The summed E-state index contributed by atoms with van der Waals surface area (Å²) in [5, 5.41) is 4.39. The van der Waals surface area contributed by atoms with Crippen LogP contribution in [0, 0.1) is 10.8 Å². The fraction of sp³-hybridized carbons (Fsp3) is 1.00. The third-order valence-electron chi connectivity index (χ3n) is 10.6. The number of unbranched alkanes of at least 4 members (excludes halogenated alkanes) is 3. The third kappa shape index (κ3) is 10.1. The molecule has 12 heteroatoms. The molecule has 0 aliphatic carbocycles. The molecule has 4 aliphatic heterocycles. The topological polar surface area (TPSA) is 68.3 Å². The van der Waals surface area contributed by atoms with Crippen LogP contribution in [0.25, 0.3) is 0 Å². The molecular formula is C36H72N4O6P2. The molecule has 0 saturated carbocycles. The van der Waals surface area contributed by atoms with Crippen LogP contribution in [0.3, 0.4) is 0 Å². The van der Waals surface area contributed by atoms with Gasteiger partial charge in [-0.2, -0.15) is 10.1 Å². The van der Waals surface area contributed by atoms with Gasteiger partial charge in [-0.05, 0) is 93.9 Å². The van der Waals surface area contributed by atoms with Crippen LogP contribution < -0.4 is 0 Å². The van der Waals surface area contributed by atoms with Crippen molar-refractivity contribution in [3.63, 3.8) is 0 Å². The Labute approximate surface area is 297 Å². The van der Waals surface area contributed by atoms with Gasteiger partial charge >= 0.3 is 0 Å². The van der Waals surface area contributed by atoms with Gasteiger partial charge in [0.1, 0.15) is 0 Å². The average molecular weight is 719 g/mol. The van der Waals surface area contributed by atoms with Gasteiger partial charge in [0.15, 0.2) is 0 Å². The second-order valence-electron chi connectivity index (χ2n) is 19.0. The second-order valence-corrected chi connectivity index (χ2v) is 22.0. The van der Waals surface area contributed by atoms with Gasteiger partial charge < -0.3 is 27.8 Å². The van der Waals surface area contributed by atoms with Crippen LogP contribution in [0.2, 0.25) is 0 Å². The molecule has 4 saturated heterocycles. The van der Waals surface area contributed by atoms with E-state index in [1.54, 1.807) is 14.2 Å². The largest absolute Gasteiger partial charge is 0.321 e. The second kappa shape index (κ2) is 15.8. The Hall–Kier alpha value is 0.460. The molecule has 4 heterocycles. The maximum absolute atomic E-state index is 6.48. The minimum atomic E-state index is -1.08. The van der Waals surface area contributed by atoms with Crippen LogP contribution in [0.5, 0.6) is 0 Å². The van der Waals surface area contributed by atoms with E-state index in [9.17, 15) is 0 Å². The van der Waals surface area contributed by atoms with Gasteiger partial charge in [-0.3, -0.25) is 0 Å². The number of hydrogen-bond acceptors (Lipinski definition) is 10. The van der Waals surface area contributed by atoms with Gasteiger partial charge in [0, 0.05) is 58.2 Å². The highest BCUT2D eigenvalue weighted by Crippen LogP contribution is 2.55. The minimum Gasteiger partial charge on any atom is -0.321 e. The maximum atomic E-state index is 6.48. The highest BCUT2D eigenvalue weighted by molar-refractivity contribution is 7.44. The minimum absolute atomic E-state index is 0.0575. The Balaban J connectivity index is 1.39. The van der Waals surface area contributed by atoms with E-state index in [1.807, 2.05) is 0 Å². The number of nitrogens with zero attached hydrogens (tertiary/aromatic N) is 4. The summed E-state index contributed by atoms with van der Waals surface area (Å²) in [5.74, 6) is 0. The number of hydroxylamine groups is 4. The van der Waals surface area contributed by atoms with Crippen molar-refractivity contribution in [1.29, 1.82) is 0 Å². The molecule has 0 amide bonds. The number of rotatable bonds is 13. The molecule has 4 rings (SSSR count). The first kappa shape index (κ1) is 41.2. The predicted molar refractivity (Wildman–Crippen MR) is 197 cm³/mol. The van der Waals surface area contributed by atoms with E-state index in [-0.39, 0.29) is 33.0 Å². The molecule has 4 aliphatic rings. The summed E-state index contributed by atoms with van der Waals surface area (Å²) < 4.78 is 31.1. The molecule has 10 nitrogen and oxygen atoms in total. The fourth-order valence-electron chi connectivity index (χ4n) is 8.90. The van der Waals surface area contributed by atoms with E-state index in [4.69, 9.17) is 27.8 Å². The van der Waals surface area contributed by atoms with Crippen molar-refractivity contribution in [2.45, 2.75) is 169 Å². The van der Waals surface area contributed by atoms with Gasteiger partial charge in [-0.15, -0.1) is 0 Å².